The summed E-state index contributed by atoms with van der Waals surface area (Å²) in [7, 11) is 0. The maximum Gasteiger partial charge on any atom is 0.328 e. The molecule has 2 aromatic rings. The fourth-order valence-corrected chi connectivity index (χ4v) is 4.23. The van der Waals surface area contributed by atoms with Gasteiger partial charge in [-0.3, -0.25) is 0 Å². The molecule has 1 aromatic carbocycles. The van der Waals surface area contributed by atoms with Gasteiger partial charge in [0, 0.05) is 33.6 Å². The van der Waals surface area contributed by atoms with Crippen molar-refractivity contribution in [2.45, 2.75) is 26.7 Å². The number of benzene rings is 1. The van der Waals surface area contributed by atoms with Crippen molar-refractivity contribution in [1.82, 2.24) is 4.57 Å². The third-order valence-electron chi connectivity index (χ3n) is 4.18. The topological polar surface area (TPSA) is 42.2 Å². The largest absolute Gasteiger partial charge is 0.478 e. The van der Waals surface area contributed by atoms with Gasteiger partial charge in [0.05, 0.1) is 0 Å². The number of carbonyl (C=O) groups is 1. The summed E-state index contributed by atoms with van der Waals surface area (Å²) >= 11 is 1.79. The summed E-state index contributed by atoms with van der Waals surface area (Å²) in [5.74, 6) is 0.0709. The molecule has 0 unspecified atom stereocenters. The normalized spacial score (nSPS) is 14.2. The number of carboxylic acids is 1. The van der Waals surface area contributed by atoms with E-state index in [-0.39, 0.29) is 0 Å². The maximum atomic E-state index is 10.9. The van der Waals surface area contributed by atoms with E-state index in [1.165, 1.54) is 33.6 Å². The van der Waals surface area contributed by atoms with E-state index in [4.69, 9.17) is 5.11 Å². The second-order valence-corrected chi connectivity index (χ2v) is 7.05. The van der Waals surface area contributed by atoms with Crippen molar-refractivity contribution in [2.24, 2.45) is 0 Å². The molecule has 0 atom stereocenters. The monoisotopic (exact) mass is 339 g/mol. The highest BCUT2D eigenvalue weighted by molar-refractivity contribution is 8.08. The van der Waals surface area contributed by atoms with Crippen LogP contribution in [-0.2, 0) is 11.2 Å². The maximum absolute atomic E-state index is 10.9. The van der Waals surface area contributed by atoms with Crippen LogP contribution in [-0.4, -0.2) is 21.4 Å². The molecular formula is C20H21NO2S. The number of fused-ring (bicyclic) bond motifs is 1. The molecule has 0 spiro atoms. The van der Waals surface area contributed by atoms with Crippen LogP contribution in [0.2, 0.25) is 0 Å². The van der Waals surface area contributed by atoms with Gasteiger partial charge in [-0.25, -0.2) is 4.79 Å². The van der Waals surface area contributed by atoms with Gasteiger partial charge in [-0.1, -0.05) is 31.2 Å². The minimum Gasteiger partial charge on any atom is -0.478 e. The van der Waals surface area contributed by atoms with Crippen molar-refractivity contribution in [3.8, 4) is 5.69 Å². The second kappa shape index (κ2) is 7.14. The summed E-state index contributed by atoms with van der Waals surface area (Å²) < 4.78 is 2.32. The van der Waals surface area contributed by atoms with Crippen LogP contribution < -0.4 is 0 Å². The average molecular weight is 339 g/mol. The molecule has 0 saturated carbocycles. The van der Waals surface area contributed by atoms with Gasteiger partial charge >= 0.3 is 5.97 Å². The first-order chi connectivity index (χ1) is 11.6. The zero-order valence-electron chi connectivity index (χ0n) is 14.0. The van der Waals surface area contributed by atoms with Gasteiger partial charge in [0.25, 0.3) is 0 Å². The number of aliphatic carboxylic acids is 1. The van der Waals surface area contributed by atoms with Crippen molar-refractivity contribution in [2.75, 3.05) is 5.75 Å². The highest BCUT2D eigenvalue weighted by Crippen LogP contribution is 2.41. The number of aryl methyl sites for hydroxylation is 1. The smallest absolute Gasteiger partial charge is 0.328 e. The van der Waals surface area contributed by atoms with Gasteiger partial charge in [-0.2, -0.15) is 0 Å². The first-order valence-corrected chi connectivity index (χ1v) is 9.14. The zero-order chi connectivity index (χ0) is 17.1. The molecule has 0 bridgehead atoms. The average Bonchev–Trinajstić information content (AvgIpc) is 2.91. The molecule has 4 heteroatoms. The Hall–Kier alpha value is -2.20. The Morgan fingerprint density at radius 3 is 2.71 bits per heavy atom. The van der Waals surface area contributed by atoms with E-state index < -0.39 is 5.97 Å². The molecule has 124 valence electrons. The van der Waals surface area contributed by atoms with E-state index in [0.29, 0.717) is 0 Å². The van der Waals surface area contributed by atoms with Crippen molar-refractivity contribution >= 4 is 22.6 Å². The summed E-state index contributed by atoms with van der Waals surface area (Å²) in [6.07, 6.45) is 4.80. The SMILES string of the molecule is CCSC1=C(/C=C/C(=O)O)CCc2c1cc(C)n2-c1ccccc1. The molecule has 0 fully saturated rings. The van der Waals surface area contributed by atoms with Gasteiger partial charge in [-0.05, 0) is 49.3 Å². The summed E-state index contributed by atoms with van der Waals surface area (Å²) in [6.45, 7) is 4.26. The van der Waals surface area contributed by atoms with E-state index >= 15 is 0 Å². The Morgan fingerprint density at radius 2 is 2.04 bits per heavy atom. The van der Waals surface area contributed by atoms with Crippen molar-refractivity contribution in [3.05, 3.63) is 71.1 Å². The molecular weight excluding hydrogens is 318 g/mol. The van der Waals surface area contributed by atoms with Crippen LogP contribution in [0.1, 0.15) is 30.3 Å². The molecule has 1 aromatic heterocycles. The van der Waals surface area contributed by atoms with Crippen LogP contribution in [0, 0.1) is 6.92 Å². The third kappa shape index (κ3) is 3.20. The highest BCUT2D eigenvalue weighted by atomic mass is 32.2. The van der Waals surface area contributed by atoms with Crippen molar-refractivity contribution in [1.29, 1.82) is 0 Å². The number of hydrogen-bond acceptors (Lipinski definition) is 2. The predicted molar refractivity (Wildman–Crippen MR) is 101 cm³/mol. The Kier molecular flexibility index (Phi) is 4.95. The number of thioether (sulfide) groups is 1. The predicted octanol–water partition coefficient (Wildman–Crippen LogP) is 4.84. The van der Waals surface area contributed by atoms with Crippen LogP contribution in [0.15, 0.2) is 54.1 Å². The van der Waals surface area contributed by atoms with Crippen molar-refractivity contribution in [3.63, 3.8) is 0 Å². The summed E-state index contributed by atoms with van der Waals surface area (Å²) in [5, 5.41) is 8.93. The lowest BCUT2D eigenvalue weighted by Gasteiger charge is -2.21. The van der Waals surface area contributed by atoms with Gasteiger partial charge < -0.3 is 9.67 Å². The molecule has 1 heterocycles. The van der Waals surface area contributed by atoms with Crippen LogP contribution in [0.5, 0.6) is 0 Å². The number of para-hydroxylation sites is 1. The Morgan fingerprint density at radius 1 is 1.29 bits per heavy atom. The van der Waals surface area contributed by atoms with Crippen LogP contribution in [0.4, 0.5) is 0 Å². The molecule has 0 radical (unpaired) electrons. The van der Waals surface area contributed by atoms with E-state index in [1.54, 1.807) is 17.8 Å². The molecule has 3 nitrogen and oxygen atoms in total. The lowest BCUT2D eigenvalue weighted by Crippen LogP contribution is -2.08. The van der Waals surface area contributed by atoms with E-state index in [2.05, 4.69) is 48.7 Å². The lowest BCUT2D eigenvalue weighted by molar-refractivity contribution is -0.131. The molecule has 0 aliphatic heterocycles. The molecule has 1 aliphatic carbocycles. The molecule has 0 saturated heterocycles. The van der Waals surface area contributed by atoms with Gasteiger partial charge in [0.1, 0.15) is 0 Å². The van der Waals surface area contributed by atoms with Gasteiger partial charge in [0.2, 0.25) is 0 Å². The number of rotatable bonds is 5. The molecule has 1 N–H and O–H groups in total. The number of aromatic nitrogens is 1. The van der Waals surface area contributed by atoms with Crippen LogP contribution >= 0.6 is 11.8 Å². The Bertz CT molecular complexity index is 816. The van der Waals surface area contributed by atoms with Gasteiger partial charge in [0.15, 0.2) is 0 Å². The van der Waals surface area contributed by atoms with E-state index in [1.807, 2.05) is 6.07 Å². The number of allylic oxidation sites excluding steroid dienone is 2. The fourth-order valence-electron chi connectivity index (χ4n) is 3.25. The molecule has 0 amide bonds. The Labute approximate surface area is 146 Å². The van der Waals surface area contributed by atoms with E-state index in [0.717, 1.165) is 24.2 Å². The molecule has 1 aliphatic rings. The zero-order valence-corrected chi connectivity index (χ0v) is 14.8. The minimum absolute atomic E-state index is 0.870. The standard InChI is InChI=1S/C20H21NO2S/c1-3-24-20-15(10-12-19(22)23)9-11-18-17(20)13-14(2)21(18)16-7-5-4-6-8-16/h4-8,10,12-13H,3,9,11H2,1-2H3,(H,22,23)/b12-10+. The number of hydrogen-bond donors (Lipinski definition) is 1. The molecule has 24 heavy (non-hydrogen) atoms. The first-order valence-electron chi connectivity index (χ1n) is 8.15. The lowest BCUT2D eigenvalue weighted by atomic mass is 9.96. The van der Waals surface area contributed by atoms with Crippen molar-refractivity contribution < 1.29 is 9.90 Å². The highest BCUT2D eigenvalue weighted by Gasteiger charge is 2.23. The number of carboxylic acid groups (broad SMARTS) is 1. The Balaban J connectivity index is 2.12. The summed E-state index contributed by atoms with van der Waals surface area (Å²) in [6, 6.07) is 12.6. The number of nitrogens with zero attached hydrogens (tertiary/aromatic N) is 1. The minimum atomic E-state index is -0.896. The summed E-state index contributed by atoms with van der Waals surface area (Å²) in [4.78, 5) is 12.1. The van der Waals surface area contributed by atoms with Crippen LogP contribution in [0.3, 0.4) is 0 Å². The first kappa shape index (κ1) is 16.7. The van der Waals surface area contributed by atoms with E-state index in [9.17, 15) is 4.79 Å². The quantitative estimate of drug-likeness (QED) is 0.793. The second-order valence-electron chi connectivity index (χ2n) is 5.78. The summed E-state index contributed by atoms with van der Waals surface area (Å²) in [5.41, 5.74) is 6.09. The van der Waals surface area contributed by atoms with Crippen LogP contribution in [0.25, 0.3) is 10.6 Å². The fraction of sp³-hybridized carbons (Fsp3) is 0.250. The third-order valence-corrected chi connectivity index (χ3v) is 5.24. The molecule has 3 rings (SSSR count). The van der Waals surface area contributed by atoms with Gasteiger partial charge in [-0.15, -0.1) is 11.8 Å².